The quantitative estimate of drug-likeness (QED) is 0.155. The molecule has 0 unspecified atom stereocenters. The number of Topliss-reactive ketones (excluding diaryl/α,β-unsaturated/α-hetero) is 1. The van der Waals surface area contributed by atoms with E-state index in [0.29, 0.717) is 19.8 Å². The van der Waals surface area contributed by atoms with Gasteiger partial charge in [-0.1, -0.05) is 117 Å². The second-order valence-corrected chi connectivity index (χ2v) is 16.5. The average Bonchev–Trinajstić information content (AvgIpc) is 3.12. The molecule has 6 heteroatoms. The predicted molar refractivity (Wildman–Crippen MR) is 207 cm³/mol. The van der Waals surface area contributed by atoms with Gasteiger partial charge in [0, 0.05) is 29.0 Å². The molecule has 3 aromatic rings. The van der Waals surface area contributed by atoms with Crippen LogP contribution in [0, 0.1) is 18.3 Å². The Morgan fingerprint density at radius 1 is 0.904 bits per heavy atom. The van der Waals surface area contributed by atoms with Crippen molar-refractivity contribution in [3.63, 3.8) is 0 Å². The van der Waals surface area contributed by atoms with Crippen LogP contribution >= 0.6 is 0 Å². The second-order valence-electron chi connectivity index (χ2n) is 16.5. The smallest absolute Gasteiger partial charge is 0.410 e. The van der Waals surface area contributed by atoms with Crippen molar-refractivity contribution >= 4 is 11.9 Å². The number of carbonyl (C=O) groups excluding carboxylic acids is 2. The van der Waals surface area contributed by atoms with Gasteiger partial charge in [0.25, 0.3) is 0 Å². The normalized spacial score (nSPS) is 25.4. The third kappa shape index (κ3) is 8.45. The fourth-order valence-corrected chi connectivity index (χ4v) is 8.66. The molecule has 0 bridgehead atoms. The minimum Gasteiger partial charge on any atom is -0.444 e. The van der Waals surface area contributed by atoms with Crippen molar-refractivity contribution in [1.82, 2.24) is 4.90 Å². The number of nitrogens with zero attached hydrogens (tertiary/aromatic N) is 1. The number of hydrogen-bond acceptors (Lipinski definition) is 5. The van der Waals surface area contributed by atoms with Gasteiger partial charge in [0.15, 0.2) is 5.78 Å². The maximum atomic E-state index is 14.7. The molecule has 2 aliphatic carbocycles. The van der Waals surface area contributed by atoms with Crippen LogP contribution in [0.4, 0.5) is 4.79 Å². The van der Waals surface area contributed by atoms with E-state index in [4.69, 9.17) is 14.2 Å². The Balaban J connectivity index is 1.24. The molecule has 1 aliphatic heterocycles. The molecule has 0 N–H and O–H groups in total. The fourth-order valence-electron chi connectivity index (χ4n) is 8.66. The number of carbonyl (C=O) groups is 2. The molecule has 1 heterocycles. The van der Waals surface area contributed by atoms with Gasteiger partial charge < -0.3 is 19.1 Å². The highest BCUT2D eigenvalue weighted by Gasteiger charge is 2.45. The van der Waals surface area contributed by atoms with Gasteiger partial charge in [0.1, 0.15) is 5.60 Å². The number of benzene rings is 3. The lowest BCUT2D eigenvalue weighted by Crippen LogP contribution is -2.57. The lowest BCUT2D eigenvalue weighted by atomic mass is 9.62. The molecule has 3 aliphatic rings. The molecule has 1 amide bonds. The molecule has 6 rings (SSSR count). The molecule has 0 spiro atoms. The highest BCUT2D eigenvalue weighted by atomic mass is 16.6. The van der Waals surface area contributed by atoms with Gasteiger partial charge in [-0.05, 0) is 88.0 Å². The third-order valence-corrected chi connectivity index (χ3v) is 11.4. The van der Waals surface area contributed by atoms with Crippen molar-refractivity contribution in [2.75, 3.05) is 6.54 Å². The zero-order chi connectivity index (χ0) is 37.0. The number of ketones is 1. The monoisotopic (exact) mass is 703 g/mol. The van der Waals surface area contributed by atoms with Crippen molar-refractivity contribution in [1.29, 1.82) is 0 Å². The van der Waals surface area contributed by atoms with Crippen molar-refractivity contribution in [3.8, 4) is 0 Å². The summed E-state index contributed by atoms with van der Waals surface area (Å²) >= 11 is 0. The number of ether oxygens (including phenoxy) is 3. The Labute approximate surface area is 311 Å². The maximum absolute atomic E-state index is 14.7. The van der Waals surface area contributed by atoms with Crippen LogP contribution in [-0.2, 0) is 27.4 Å². The molecule has 6 nitrogen and oxygen atoms in total. The zero-order valence-corrected chi connectivity index (χ0v) is 32.2. The van der Waals surface area contributed by atoms with Gasteiger partial charge in [-0.3, -0.25) is 4.79 Å². The number of allylic oxidation sites excluding steroid dienone is 3. The number of hydrogen-bond donors (Lipinski definition) is 0. The minimum absolute atomic E-state index is 0.0986. The fraction of sp³-hybridized carbons (Fsp3) is 0.478. The summed E-state index contributed by atoms with van der Waals surface area (Å²) in [5.41, 5.74) is 6.29. The number of likely N-dealkylation sites (tertiary alicyclic amines) is 1. The van der Waals surface area contributed by atoms with E-state index >= 15 is 0 Å². The van der Waals surface area contributed by atoms with Crippen molar-refractivity contribution < 1.29 is 23.8 Å². The SMILES string of the molecule is Cc1c(C(=O)C2=CCC=C3C[C@@H](OCc4ccccc4)CC[C@@]32C)cccc1[C@H](C)[C@H]1[C@H](OCc2ccccc2)C[C@H](C)CN1C(=O)OC(C)(C)C. The number of fused-ring (bicyclic) bond motifs is 1. The lowest BCUT2D eigenvalue weighted by Gasteiger charge is -2.46. The average molecular weight is 704 g/mol. The van der Waals surface area contributed by atoms with E-state index in [1.54, 1.807) is 0 Å². The first-order valence-electron chi connectivity index (χ1n) is 19.2. The largest absolute Gasteiger partial charge is 0.444 e. The topological polar surface area (TPSA) is 65.1 Å². The standard InChI is InChI=1S/C46H57NO5/c1-31-26-41(51-30-35-18-12-9-13-19-35)42(47(28-31)44(49)52-45(4,5)6)33(3)38-21-15-22-39(32(38)2)43(48)40-23-14-20-36-27-37(24-25-46(36,40)7)50-29-34-16-10-8-11-17-34/h8-13,15-23,31,33,37,41-42H,14,24-30H2,1-7H3/t31-,33-,37-,41+,42-,46-/m0/s1. The van der Waals surface area contributed by atoms with Crippen molar-refractivity contribution in [2.45, 2.75) is 124 Å². The van der Waals surface area contributed by atoms with Gasteiger partial charge in [0.05, 0.1) is 31.5 Å². The van der Waals surface area contributed by atoms with Gasteiger partial charge in [0.2, 0.25) is 0 Å². The first-order chi connectivity index (χ1) is 24.8. The third-order valence-electron chi connectivity index (χ3n) is 11.4. The summed E-state index contributed by atoms with van der Waals surface area (Å²) < 4.78 is 19.1. The summed E-state index contributed by atoms with van der Waals surface area (Å²) in [5.74, 6) is 0.226. The molecule has 0 aromatic heterocycles. The van der Waals surface area contributed by atoms with Crippen LogP contribution in [0.25, 0.3) is 0 Å². The zero-order valence-electron chi connectivity index (χ0n) is 32.2. The maximum Gasteiger partial charge on any atom is 0.410 e. The van der Waals surface area contributed by atoms with Crippen LogP contribution in [0.2, 0.25) is 0 Å². The highest BCUT2D eigenvalue weighted by Crippen LogP contribution is 2.50. The van der Waals surface area contributed by atoms with Crippen LogP contribution < -0.4 is 0 Å². The molecule has 276 valence electrons. The summed E-state index contributed by atoms with van der Waals surface area (Å²) in [4.78, 5) is 30.5. The number of amides is 1. The Hall–Kier alpha value is -4.00. The molecular formula is C46H57NO5. The molecule has 2 fully saturated rings. The van der Waals surface area contributed by atoms with E-state index in [1.165, 1.54) is 11.1 Å². The van der Waals surface area contributed by atoms with Crippen molar-refractivity contribution in [2.24, 2.45) is 11.3 Å². The van der Waals surface area contributed by atoms with E-state index in [1.807, 2.05) is 74.2 Å². The van der Waals surface area contributed by atoms with Crippen molar-refractivity contribution in [3.05, 3.63) is 130 Å². The van der Waals surface area contributed by atoms with E-state index in [0.717, 1.165) is 59.9 Å². The van der Waals surface area contributed by atoms with E-state index < -0.39 is 5.60 Å². The summed E-state index contributed by atoms with van der Waals surface area (Å²) in [7, 11) is 0. The van der Waals surface area contributed by atoms with E-state index in [9.17, 15) is 9.59 Å². The number of rotatable bonds is 10. The van der Waals surface area contributed by atoms with E-state index in [2.05, 4.69) is 70.2 Å². The Morgan fingerprint density at radius 2 is 1.56 bits per heavy atom. The Bertz CT molecular complexity index is 1770. The summed E-state index contributed by atoms with van der Waals surface area (Å²) in [6.07, 6.45) is 8.26. The van der Waals surface area contributed by atoms with Crippen LogP contribution in [0.5, 0.6) is 0 Å². The Morgan fingerprint density at radius 3 is 2.21 bits per heavy atom. The lowest BCUT2D eigenvalue weighted by molar-refractivity contribution is -0.0769. The summed E-state index contributed by atoms with van der Waals surface area (Å²) in [5, 5.41) is 0. The van der Waals surface area contributed by atoms with E-state index in [-0.39, 0.29) is 47.4 Å². The van der Waals surface area contributed by atoms with Crippen LogP contribution in [0.3, 0.4) is 0 Å². The molecular weight excluding hydrogens is 647 g/mol. The number of piperidine rings is 1. The highest BCUT2D eigenvalue weighted by molar-refractivity contribution is 6.11. The van der Waals surface area contributed by atoms with Gasteiger partial charge in [-0.2, -0.15) is 0 Å². The van der Waals surface area contributed by atoms with Crippen LogP contribution in [-0.4, -0.2) is 47.2 Å². The molecule has 1 saturated heterocycles. The second kappa shape index (κ2) is 15.9. The van der Waals surface area contributed by atoms with Gasteiger partial charge in [-0.25, -0.2) is 4.79 Å². The Kier molecular flexibility index (Phi) is 11.6. The molecule has 52 heavy (non-hydrogen) atoms. The summed E-state index contributed by atoms with van der Waals surface area (Å²) in [6, 6.07) is 26.3. The van der Waals surface area contributed by atoms with Crippen LogP contribution in [0.15, 0.2) is 102 Å². The first-order valence-corrected chi connectivity index (χ1v) is 19.2. The molecule has 3 aromatic carbocycles. The van der Waals surface area contributed by atoms with Gasteiger partial charge >= 0.3 is 6.09 Å². The first kappa shape index (κ1) is 37.7. The minimum atomic E-state index is -0.627. The summed E-state index contributed by atoms with van der Waals surface area (Å²) in [6.45, 7) is 16.0. The van der Waals surface area contributed by atoms with Gasteiger partial charge in [-0.15, -0.1) is 0 Å². The molecule has 6 atom stereocenters. The molecule has 1 saturated carbocycles. The molecule has 0 radical (unpaired) electrons. The van der Waals surface area contributed by atoms with Crippen LogP contribution in [0.1, 0.15) is 112 Å². The predicted octanol–water partition coefficient (Wildman–Crippen LogP) is 10.5.